The van der Waals surface area contributed by atoms with E-state index in [1.807, 2.05) is 19.0 Å². The Morgan fingerprint density at radius 1 is 1.21 bits per heavy atom. The molecular formula is C21H24FN3O4. The van der Waals surface area contributed by atoms with E-state index in [0.29, 0.717) is 36.6 Å². The average molecular weight is 401 g/mol. The van der Waals surface area contributed by atoms with Crippen LogP contribution in [0.15, 0.2) is 42.5 Å². The van der Waals surface area contributed by atoms with Crippen LogP contribution in [0.3, 0.4) is 0 Å². The topological polar surface area (TPSA) is 71.1 Å². The number of urea groups is 1. The molecule has 3 rings (SSSR count). The second-order valence-electron chi connectivity index (χ2n) is 6.91. The molecule has 0 aromatic heterocycles. The molecule has 7 nitrogen and oxygen atoms in total. The number of esters is 1. The van der Waals surface area contributed by atoms with Crippen molar-refractivity contribution in [3.8, 4) is 0 Å². The van der Waals surface area contributed by atoms with E-state index in [2.05, 4.69) is 5.32 Å². The fourth-order valence-electron chi connectivity index (χ4n) is 3.16. The summed E-state index contributed by atoms with van der Waals surface area (Å²) in [7, 11) is 4.97. The minimum Gasteiger partial charge on any atom is -0.465 e. The zero-order valence-electron chi connectivity index (χ0n) is 16.6. The van der Waals surface area contributed by atoms with Gasteiger partial charge in [0.25, 0.3) is 0 Å². The normalized spacial score (nSPS) is 16.3. The van der Waals surface area contributed by atoms with Gasteiger partial charge in [0.1, 0.15) is 11.9 Å². The molecular weight excluding hydrogens is 377 g/mol. The van der Waals surface area contributed by atoms with Gasteiger partial charge < -0.3 is 24.6 Å². The lowest BCUT2D eigenvalue weighted by atomic mass is 10.1. The van der Waals surface area contributed by atoms with Crippen LogP contribution in [-0.4, -0.2) is 57.8 Å². The van der Waals surface area contributed by atoms with Crippen LogP contribution < -0.4 is 10.2 Å². The molecule has 29 heavy (non-hydrogen) atoms. The van der Waals surface area contributed by atoms with Crippen LogP contribution in [0.1, 0.15) is 22.0 Å². The number of anilines is 2. The fourth-order valence-corrected chi connectivity index (χ4v) is 3.16. The van der Waals surface area contributed by atoms with Crippen LogP contribution in [0, 0.1) is 5.82 Å². The van der Waals surface area contributed by atoms with Crippen molar-refractivity contribution in [2.45, 2.75) is 6.10 Å². The van der Waals surface area contributed by atoms with Gasteiger partial charge in [0.2, 0.25) is 0 Å². The number of hydrogen-bond donors (Lipinski definition) is 1. The Bertz CT molecular complexity index is 886. The first-order valence-corrected chi connectivity index (χ1v) is 9.21. The molecule has 2 aromatic carbocycles. The Morgan fingerprint density at radius 3 is 2.59 bits per heavy atom. The standard InChI is InChI=1S/C21H24FN3O4/c1-24(2)18-12-15(20(26)28-3)6-9-17(18)23-21(27)25-10-11-29-19(13-25)14-4-7-16(22)8-5-14/h4-9,12,19H,10-11,13H2,1-3H3,(H,23,27). The molecule has 1 heterocycles. The van der Waals surface area contributed by atoms with E-state index in [0.717, 1.165) is 5.56 Å². The molecule has 154 valence electrons. The number of amides is 2. The molecule has 1 N–H and O–H groups in total. The number of rotatable bonds is 4. The molecule has 1 fully saturated rings. The summed E-state index contributed by atoms with van der Waals surface area (Å²) in [5.74, 6) is -0.757. The first-order chi connectivity index (χ1) is 13.9. The van der Waals surface area contributed by atoms with Crippen molar-refractivity contribution in [1.82, 2.24) is 4.90 Å². The minimum atomic E-state index is -0.443. The lowest BCUT2D eigenvalue weighted by Crippen LogP contribution is -2.44. The first-order valence-electron chi connectivity index (χ1n) is 9.21. The van der Waals surface area contributed by atoms with Crippen molar-refractivity contribution < 1.29 is 23.5 Å². The molecule has 0 bridgehead atoms. The molecule has 0 spiro atoms. The van der Waals surface area contributed by atoms with E-state index in [9.17, 15) is 14.0 Å². The van der Waals surface area contributed by atoms with Crippen molar-refractivity contribution in [2.24, 2.45) is 0 Å². The number of carbonyl (C=O) groups excluding carboxylic acids is 2. The number of ether oxygens (including phenoxy) is 2. The highest BCUT2D eigenvalue weighted by molar-refractivity contribution is 5.97. The summed E-state index contributed by atoms with van der Waals surface area (Å²) in [5.41, 5.74) is 2.49. The predicted molar refractivity (Wildman–Crippen MR) is 108 cm³/mol. The number of hydrogen-bond acceptors (Lipinski definition) is 5. The quantitative estimate of drug-likeness (QED) is 0.796. The van der Waals surface area contributed by atoms with Gasteiger partial charge in [-0.05, 0) is 35.9 Å². The molecule has 0 aliphatic carbocycles. The molecule has 1 atom stereocenters. The molecule has 0 radical (unpaired) electrons. The second kappa shape index (κ2) is 8.91. The number of methoxy groups -OCH3 is 1. The van der Waals surface area contributed by atoms with Crippen molar-refractivity contribution in [1.29, 1.82) is 0 Å². The molecule has 8 heteroatoms. The van der Waals surface area contributed by atoms with Crippen LogP contribution in [0.5, 0.6) is 0 Å². The summed E-state index contributed by atoms with van der Waals surface area (Å²) >= 11 is 0. The number of carbonyl (C=O) groups is 2. The van der Waals surface area contributed by atoms with Crippen molar-refractivity contribution in [2.75, 3.05) is 51.1 Å². The number of benzene rings is 2. The third kappa shape index (κ3) is 4.83. The third-order valence-electron chi connectivity index (χ3n) is 4.74. The lowest BCUT2D eigenvalue weighted by molar-refractivity contribution is -0.0135. The molecule has 1 aliphatic heterocycles. The molecule has 2 aromatic rings. The highest BCUT2D eigenvalue weighted by atomic mass is 19.1. The van der Waals surface area contributed by atoms with Gasteiger partial charge in [-0.1, -0.05) is 12.1 Å². The summed E-state index contributed by atoms with van der Waals surface area (Å²) in [4.78, 5) is 28.1. The Hall–Kier alpha value is -3.13. The van der Waals surface area contributed by atoms with Gasteiger partial charge in [-0.3, -0.25) is 0 Å². The fraction of sp³-hybridized carbons (Fsp3) is 0.333. The maximum absolute atomic E-state index is 13.2. The molecule has 2 amide bonds. The third-order valence-corrected chi connectivity index (χ3v) is 4.74. The van der Waals surface area contributed by atoms with Crippen molar-refractivity contribution in [3.05, 3.63) is 59.4 Å². The monoisotopic (exact) mass is 401 g/mol. The SMILES string of the molecule is COC(=O)c1ccc(NC(=O)N2CCOC(c3ccc(F)cc3)C2)c(N(C)C)c1. The van der Waals surface area contributed by atoms with Crippen LogP contribution in [0.2, 0.25) is 0 Å². The lowest BCUT2D eigenvalue weighted by Gasteiger charge is -2.33. The maximum atomic E-state index is 13.2. The largest absolute Gasteiger partial charge is 0.465 e. The van der Waals surface area contributed by atoms with Crippen molar-refractivity contribution >= 4 is 23.4 Å². The van der Waals surface area contributed by atoms with Crippen molar-refractivity contribution in [3.63, 3.8) is 0 Å². The van der Waals surface area contributed by atoms with E-state index in [-0.39, 0.29) is 18.0 Å². The van der Waals surface area contributed by atoms with Gasteiger partial charge in [0.05, 0.1) is 37.2 Å². The zero-order valence-corrected chi connectivity index (χ0v) is 16.6. The van der Waals surface area contributed by atoms with Gasteiger partial charge in [-0.15, -0.1) is 0 Å². The summed E-state index contributed by atoms with van der Waals surface area (Å²) in [6.45, 7) is 1.19. The Morgan fingerprint density at radius 2 is 1.93 bits per heavy atom. The summed E-state index contributed by atoms with van der Waals surface area (Å²) in [6, 6.07) is 10.8. The molecule has 1 saturated heterocycles. The van der Waals surface area contributed by atoms with Crippen LogP contribution in [0.25, 0.3) is 0 Å². The zero-order chi connectivity index (χ0) is 21.0. The maximum Gasteiger partial charge on any atom is 0.337 e. The van der Waals surface area contributed by atoms with E-state index < -0.39 is 5.97 Å². The van der Waals surface area contributed by atoms with E-state index >= 15 is 0 Å². The summed E-state index contributed by atoms with van der Waals surface area (Å²) in [5, 5.41) is 2.90. The number of nitrogens with one attached hydrogen (secondary N) is 1. The van der Waals surface area contributed by atoms with Gasteiger partial charge in [-0.2, -0.15) is 0 Å². The minimum absolute atomic E-state index is 0.269. The number of nitrogens with zero attached hydrogens (tertiary/aromatic N) is 2. The summed E-state index contributed by atoms with van der Waals surface area (Å²) in [6.07, 6.45) is -0.315. The first kappa shape index (κ1) is 20.6. The van der Waals surface area contributed by atoms with E-state index in [1.165, 1.54) is 19.2 Å². The van der Waals surface area contributed by atoms with Gasteiger partial charge >= 0.3 is 12.0 Å². The van der Waals surface area contributed by atoms with E-state index in [4.69, 9.17) is 9.47 Å². The van der Waals surface area contributed by atoms with Crippen LogP contribution in [0.4, 0.5) is 20.6 Å². The Labute approximate surface area is 169 Å². The smallest absolute Gasteiger partial charge is 0.337 e. The number of halogens is 1. The van der Waals surface area contributed by atoms with Gasteiger partial charge in [-0.25, -0.2) is 14.0 Å². The van der Waals surface area contributed by atoms with E-state index in [1.54, 1.807) is 35.2 Å². The van der Waals surface area contributed by atoms with Gasteiger partial charge in [0, 0.05) is 20.6 Å². The van der Waals surface area contributed by atoms with Crippen LogP contribution >= 0.6 is 0 Å². The second-order valence-corrected chi connectivity index (χ2v) is 6.91. The summed E-state index contributed by atoms with van der Waals surface area (Å²) < 4.78 is 23.7. The highest BCUT2D eigenvalue weighted by Gasteiger charge is 2.26. The molecule has 1 unspecified atom stereocenters. The predicted octanol–water partition coefficient (Wildman–Crippen LogP) is 3.28. The average Bonchev–Trinajstić information content (AvgIpc) is 2.73. The Kier molecular flexibility index (Phi) is 6.33. The van der Waals surface area contributed by atoms with Gasteiger partial charge in [0.15, 0.2) is 0 Å². The molecule has 0 saturated carbocycles. The molecule has 1 aliphatic rings. The highest BCUT2D eigenvalue weighted by Crippen LogP contribution is 2.28. The number of morpholine rings is 1. The Balaban J connectivity index is 1.73. The van der Waals surface area contributed by atoms with Crippen LogP contribution in [-0.2, 0) is 9.47 Å².